The minimum atomic E-state index is -0.968. The highest BCUT2D eigenvalue weighted by Crippen LogP contribution is 2.46. The van der Waals surface area contributed by atoms with Gasteiger partial charge in [0.1, 0.15) is 23.4 Å². The molecule has 42 heavy (non-hydrogen) atoms. The second-order valence-corrected chi connectivity index (χ2v) is 11.0. The fourth-order valence-corrected chi connectivity index (χ4v) is 6.47. The van der Waals surface area contributed by atoms with Crippen LogP contribution in [-0.4, -0.2) is 48.2 Å². The van der Waals surface area contributed by atoms with Crippen molar-refractivity contribution in [2.75, 3.05) is 25.2 Å². The summed E-state index contributed by atoms with van der Waals surface area (Å²) in [5.41, 5.74) is 2.54. The van der Waals surface area contributed by atoms with Crippen LogP contribution in [0, 0.1) is 0 Å². The number of fused-ring (bicyclic) bond motifs is 2. The van der Waals surface area contributed by atoms with E-state index >= 15 is 0 Å². The highest BCUT2D eigenvalue weighted by molar-refractivity contribution is 7.22. The molecule has 0 saturated carbocycles. The number of hydrogen-bond acceptors (Lipinski definition) is 9. The molecule has 1 saturated heterocycles. The third kappa shape index (κ3) is 4.71. The van der Waals surface area contributed by atoms with Gasteiger partial charge in [-0.1, -0.05) is 17.4 Å². The van der Waals surface area contributed by atoms with Gasteiger partial charge in [-0.25, -0.2) is 4.98 Å². The van der Waals surface area contributed by atoms with Crippen LogP contribution in [-0.2, 0) is 16.0 Å². The van der Waals surface area contributed by atoms with Crippen LogP contribution in [0.2, 0.25) is 0 Å². The van der Waals surface area contributed by atoms with Gasteiger partial charge in [-0.3, -0.25) is 14.5 Å². The lowest BCUT2D eigenvalue weighted by atomic mass is 9.94. The van der Waals surface area contributed by atoms with Gasteiger partial charge in [0, 0.05) is 12.0 Å². The summed E-state index contributed by atoms with van der Waals surface area (Å²) in [7, 11) is 1.52. The van der Waals surface area contributed by atoms with E-state index in [0.29, 0.717) is 58.7 Å². The van der Waals surface area contributed by atoms with Gasteiger partial charge in [0.15, 0.2) is 16.6 Å². The first-order chi connectivity index (χ1) is 20.3. The van der Waals surface area contributed by atoms with E-state index in [2.05, 4.69) is 0 Å². The standard InChI is InChI=1S/C32H30N2O7S/c1-5-39-21-9-10-22-26(16-21)42-32(33-22)34-28(18-7-12-24(40-6-2)25(15-18)38-4)27(30(36)31(34)37)29(35)19-8-11-23-20(14-19)13-17(3)41-23/h7-12,14-17,28,35H,5-6,13H2,1-4H3/t17-,28-/m0/s1. The average Bonchev–Trinajstić information content (AvgIpc) is 3.65. The smallest absolute Gasteiger partial charge is 0.301 e. The Balaban J connectivity index is 1.53. The van der Waals surface area contributed by atoms with E-state index in [1.165, 1.54) is 23.3 Å². The first-order valence-corrected chi connectivity index (χ1v) is 14.6. The number of methoxy groups -OCH3 is 1. The van der Waals surface area contributed by atoms with Crippen molar-refractivity contribution in [3.8, 4) is 23.0 Å². The number of carbonyl (C=O) groups is 2. The lowest BCUT2D eigenvalue weighted by molar-refractivity contribution is -0.132. The molecule has 216 valence electrons. The maximum atomic E-state index is 13.7. The summed E-state index contributed by atoms with van der Waals surface area (Å²) in [6.45, 7) is 6.69. The van der Waals surface area contributed by atoms with Gasteiger partial charge >= 0.3 is 5.91 Å². The van der Waals surface area contributed by atoms with Crippen LogP contribution < -0.4 is 23.8 Å². The molecule has 0 aliphatic carbocycles. The van der Waals surface area contributed by atoms with Crippen molar-refractivity contribution in [3.63, 3.8) is 0 Å². The zero-order chi connectivity index (χ0) is 29.5. The molecule has 1 amide bonds. The van der Waals surface area contributed by atoms with Gasteiger partial charge in [-0.05, 0) is 80.4 Å². The number of aliphatic hydroxyl groups is 1. The highest BCUT2D eigenvalue weighted by Gasteiger charge is 2.48. The molecule has 0 bridgehead atoms. The molecule has 6 rings (SSSR count). The Morgan fingerprint density at radius 2 is 1.86 bits per heavy atom. The van der Waals surface area contributed by atoms with Crippen molar-refractivity contribution < 1.29 is 33.6 Å². The number of Topliss-reactive ketones (excluding diaryl/α,β-unsaturated/α-hetero) is 1. The maximum absolute atomic E-state index is 13.7. The predicted octanol–water partition coefficient (Wildman–Crippen LogP) is 6.05. The molecule has 1 aromatic heterocycles. The van der Waals surface area contributed by atoms with Crippen LogP contribution in [0.25, 0.3) is 16.0 Å². The van der Waals surface area contributed by atoms with Crippen molar-refractivity contribution in [3.05, 3.63) is 76.9 Å². The Labute approximate surface area is 246 Å². The molecular weight excluding hydrogens is 556 g/mol. The molecule has 10 heteroatoms. The number of amides is 1. The topological polar surface area (TPSA) is 107 Å². The third-order valence-corrected chi connectivity index (χ3v) is 8.30. The summed E-state index contributed by atoms with van der Waals surface area (Å²) < 4.78 is 23.5. The fraction of sp³-hybridized carbons (Fsp3) is 0.281. The molecule has 0 radical (unpaired) electrons. The summed E-state index contributed by atoms with van der Waals surface area (Å²) in [6, 6.07) is 15.0. The van der Waals surface area contributed by atoms with Crippen LogP contribution in [0.1, 0.15) is 43.5 Å². The second kappa shape index (κ2) is 11.0. The number of carbonyl (C=O) groups excluding carboxylic acids is 2. The van der Waals surface area contributed by atoms with Gasteiger partial charge in [0.25, 0.3) is 5.78 Å². The van der Waals surface area contributed by atoms with Gasteiger partial charge in [0.05, 0.1) is 42.2 Å². The van der Waals surface area contributed by atoms with Crippen molar-refractivity contribution in [1.29, 1.82) is 0 Å². The molecule has 4 aromatic rings. The number of nitrogens with zero attached hydrogens (tertiary/aromatic N) is 2. The fourth-order valence-electron chi connectivity index (χ4n) is 5.45. The van der Waals surface area contributed by atoms with E-state index < -0.39 is 17.7 Å². The van der Waals surface area contributed by atoms with E-state index in [0.717, 1.165) is 16.0 Å². The van der Waals surface area contributed by atoms with Gasteiger partial charge in [-0.2, -0.15) is 0 Å². The van der Waals surface area contributed by atoms with Crippen molar-refractivity contribution >= 4 is 44.1 Å². The number of aliphatic hydroxyl groups excluding tert-OH is 1. The Morgan fingerprint density at radius 1 is 1.05 bits per heavy atom. The van der Waals surface area contributed by atoms with Crippen LogP contribution in [0.15, 0.2) is 60.2 Å². The number of ether oxygens (including phenoxy) is 4. The number of hydrogen-bond donors (Lipinski definition) is 1. The molecule has 9 nitrogen and oxygen atoms in total. The number of rotatable bonds is 8. The first kappa shape index (κ1) is 27.6. The molecule has 1 N–H and O–H groups in total. The summed E-state index contributed by atoms with van der Waals surface area (Å²) in [5.74, 6) is 0.543. The number of anilines is 1. The second-order valence-electron chi connectivity index (χ2n) is 10.0. The largest absolute Gasteiger partial charge is 0.507 e. The van der Waals surface area contributed by atoms with E-state index in [4.69, 9.17) is 23.9 Å². The van der Waals surface area contributed by atoms with E-state index in [1.807, 2.05) is 45.0 Å². The number of ketones is 1. The molecule has 1 fully saturated rings. The van der Waals surface area contributed by atoms with E-state index in [9.17, 15) is 14.7 Å². The van der Waals surface area contributed by atoms with Gasteiger partial charge < -0.3 is 24.1 Å². The Kier molecular flexibility index (Phi) is 7.24. The quantitative estimate of drug-likeness (QED) is 0.151. The highest BCUT2D eigenvalue weighted by atomic mass is 32.1. The minimum absolute atomic E-state index is 0.0153. The molecule has 3 aromatic carbocycles. The minimum Gasteiger partial charge on any atom is -0.507 e. The molecule has 0 spiro atoms. The van der Waals surface area contributed by atoms with Crippen LogP contribution in [0.4, 0.5) is 5.13 Å². The predicted molar refractivity (Wildman–Crippen MR) is 160 cm³/mol. The Bertz CT molecular complexity index is 1740. The lowest BCUT2D eigenvalue weighted by Crippen LogP contribution is -2.29. The zero-order valence-corrected chi connectivity index (χ0v) is 24.5. The third-order valence-electron chi connectivity index (χ3n) is 7.28. The maximum Gasteiger partial charge on any atom is 0.301 e. The number of benzene rings is 3. The Hall–Kier alpha value is -4.57. The molecular formula is C32H30N2O7S. The Morgan fingerprint density at radius 3 is 2.62 bits per heavy atom. The SMILES string of the molecule is CCOc1ccc2nc(N3C(=O)C(=O)C(=C(O)c4ccc5c(c4)C[C@H](C)O5)[C@@H]3c3ccc(OCC)c(OC)c3)sc2c1. The van der Waals surface area contributed by atoms with Crippen molar-refractivity contribution in [2.24, 2.45) is 0 Å². The van der Waals surface area contributed by atoms with Crippen molar-refractivity contribution in [1.82, 2.24) is 4.98 Å². The first-order valence-electron chi connectivity index (χ1n) is 13.8. The number of aromatic nitrogens is 1. The van der Waals surface area contributed by atoms with Crippen molar-refractivity contribution in [2.45, 2.75) is 39.3 Å². The zero-order valence-electron chi connectivity index (χ0n) is 23.7. The van der Waals surface area contributed by atoms with E-state index in [-0.39, 0.29) is 17.4 Å². The van der Waals surface area contributed by atoms with E-state index in [1.54, 1.807) is 30.3 Å². The summed E-state index contributed by atoms with van der Waals surface area (Å²) in [4.78, 5) is 33.5. The average molecular weight is 587 g/mol. The molecule has 2 atom stereocenters. The molecule has 2 aliphatic rings. The molecule has 3 heterocycles. The summed E-state index contributed by atoms with van der Waals surface area (Å²) in [5, 5.41) is 12.0. The van der Waals surface area contributed by atoms with Gasteiger partial charge in [-0.15, -0.1) is 0 Å². The number of thiazole rings is 1. The summed E-state index contributed by atoms with van der Waals surface area (Å²) in [6.07, 6.45) is 0.696. The monoisotopic (exact) mass is 586 g/mol. The molecule has 2 aliphatic heterocycles. The van der Waals surface area contributed by atoms with Crippen LogP contribution >= 0.6 is 11.3 Å². The van der Waals surface area contributed by atoms with Gasteiger partial charge in [0.2, 0.25) is 0 Å². The normalized spacial score (nSPS) is 19.2. The molecule has 0 unspecified atom stereocenters. The lowest BCUT2D eigenvalue weighted by Gasteiger charge is -2.24. The summed E-state index contributed by atoms with van der Waals surface area (Å²) >= 11 is 1.27. The van der Waals surface area contributed by atoms with Crippen LogP contribution in [0.3, 0.4) is 0 Å². The van der Waals surface area contributed by atoms with Crippen LogP contribution in [0.5, 0.6) is 23.0 Å².